The van der Waals surface area contributed by atoms with E-state index >= 15 is 0 Å². The Balaban J connectivity index is 1.89. The van der Waals surface area contributed by atoms with E-state index in [1.807, 2.05) is 42.0 Å². The predicted molar refractivity (Wildman–Crippen MR) is 121 cm³/mol. The van der Waals surface area contributed by atoms with Crippen LogP contribution in [-0.2, 0) is 16.4 Å². The zero-order valence-corrected chi connectivity index (χ0v) is 18.7. The second kappa shape index (κ2) is 7.45. The first-order valence-electron chi connectivity index (χ1n) is 9.97. The minimum absolute atomic E-state index is 0.0708. The van der Waals surface area contributed by atoms with Gasteiger partial charge in [0.15, 0.2) is 0 Å². The van der Waals surface area contributed by atoms with Gasteiger partial charge in [0.25, 0.3) is 0 Å². The zero-order valence-electron chi connectivity index (χ0n) is 17.8. The van der Waals surface area contributed by atoms with Crippen molar-refractivity contribution in [2.45, 2.75) is 44.6 Å². The number of nitriles is 1. The second-order valence-electron chi connectivity index (χ2n) is 8.42. The number of hydrogen-bond acceptors (Lipinski definition) is 5. The van der Waals surface area contributed by atoms with Crippen molar-refractivity contribution in [2.75, 3.05) is 0 Å². The number of hydrogen-bond donors (Lipinski definition) is 1. The molecule has 0 atom stereocenters. The predicted octanol–water partition coefficient (Wildman–Crippen LogP) is 4.02. The molecule has 0 aromatic carbocycles. The van der Waals surface area contributed by atoms with Crippen LogP contribution in [0.3, 0.4) is 0 Å². The van der Waals surface area contributed by atoms with E-state index in [1.54, 1.807) is 26.8 Å². The Morgan fingerprint density at radius 1 is 1.19 bits per heavy atom. The minimum Gasteiger partial charge on any atom is -0.291 e. The van der Waals surface area contributed by atoms with E-state index in [0.717, 1.165) is 23.1 Å². The molecule has 8 heteroatoms. The van der Waals surface area contributed by atoms with E-state index in [0.29, 0.717) is 22.6 Å². The van der Waals surface area contributed by atoms with E-state index in [-0.39, 0.29) is 4.90 Å². The van der Waals surface area contributed by atoms with Crippen LogP contribution in [0.15, 0.2) is 53.7 Å². The fourth-order valence-electron chi connectivity index (χ4n) is 3.48. The molecule has 3 aromatic rings. The molecule has 0 radical (unpaired) electrons. The van der Waals surface area contributed by atoms with Gasteiger partial charge in [-0.15, -0.1) is 0 Å². The van der Waals surface area contributed by atoms with Crippen LogP contribution in [0.25, 0.3) is 28.1 Å². The van der Waals surface area contributed by atoms with Gasteiger partial charge in [0.05, 0.1) is 17.0 Å². The van der Waals surface area contributed by atoms with Crippen molar-refractivity contribution in [3.63, 3.8) is 0 Å². The van der Waals surface area contributed by atoms with E-state index in [1.165, 1.54) is 12.3 Å². The van der Waals surface area contributed by atoms with Crippen molar-refractivity contribution in [2.24, 2.45) is 0 Å². The number of nitrogens with zero attached hydrogens (tertiary/aromatic N) is 4. The maximum atomic E-state index is 12.6. The summed E-state index contributed by atoms with van der Waals surface area (Å²) in [6, 6.07) is 7.43. The van der Waals surface area contributed by atoms with Gasteiger partial charge in [-0.3, -0.25) is 9.55 Å². The molecule has 0 unspecified atom stereocenters. The van der Waals surface area contributed by atoms with Gasteiger partial charge in [-0.1, -0.05) is 13.0 Å². The molecule has 0 fully saturated rings. The first-order valence-corrected chi connectivity index (χ1v) is 11.5. The van der Waals surface area contributed by atoms with Gasteiger partial charge in [0, 0.05) is 29.0 Å². The normalized spacial score (nSPS) is 13.7. The lowest BCUT2D eigenvalue weighted by Gasteiger charge is -2.20. The molecule has 0 aliphatic heterocycles. The van der Waals surface area contributed by atoms with Crippen LogP contribution in [0.5, 0.6) is 0 Å². The first-order chi connectivity index (χ1) is 14.6. The third-order valence-corrected chi connectivity index (χ3v) is 6.65. The van der Waals surface area contributed by atoms with Crippen molar-refractivity contribution < 1.29 is 8.42 Å². The number of fused-ring (bicyclic) bond motifs is 1. The Morgan fingerprint density at radius 3 is 2.45 bits per heavy atom. The highest BCUT2D eigenvalue weighted by Crippen LogP contribution is 2.36. The summed E-state index contributed by atoms with van der Waals surface area (Å²) in [4.78, 5) is 9.10. The fourth-order valence-corrected chi connectivity index (χ4v) is 4.84. The van der Waals surface area contributed by atoms with Crippen LogP contribution in [-0.4, -0.2) is 28.5 Å². The van der Waals surface area contributed by atoms with Crippen molar-refractivity contribution in [3.8, 4) is 17.5 Å². The van der Waals surface area contributed by atoms with Crippen molar-refractivity contribution in [1.82, 2.24) is 19.3 Å². The van der Waals surface area contributed by atoms with Gasteiger partial charge in [0.2, 0.25) is 10.0 Å². The summed E-state index contributed by atoms with van der Waals surface area (Å²) in [5, 5.41) is 10.7. The second-order valence-corrected chi connectivity index (χ2v) is 10.1. The maximum absolute atomic E-state index is 12.6. The molecule has 0 spiro atoms. The molecule has 0 saturated carbocycles. The molecule has 3 aromatic heterocycles. The Kier molecular flexibility index (Phi) is 5.04. The number of aryl methyl sites for hydroxylation is 1. The van der Waals surface area contributed by atoms with Crippen molar-refractivity contribution >= 4 is 26.8 Å². The molecule has 158 valence electrons. The molecule has 4 rings (SSSR count). The molecule has 1 N–H and O–H groups in total. The van der Waals surface area contributed by atoms with E-state index in [4.69, 9.17) is 0 Å². The highest BCUT2D eigenvalue weighted by Gasteiger charge is 2.25. The minimum atomic E-state index is -3.71. The number of nitrogens with one attached hydrogen (secondary N) is 1. The third kappa shape index (κ3) is 3.78. The SMILES string of the molecule is CCc1cnc2c(c1)c(C#N)c(-c1ccc(S(=O)(=O)NC(C)(C)C)cn1)n2C1=CC=C1. The molecule has 1 aliphatic rings. The standard InChI is InChI=1S/C23H23N5O2S/c1-5-15-11-18-19(12-24)21(28(16-7-6-8-16)22(18)26-13-15)20-10-9-17(14-25-20)31(29,30)27-23(2,3)4/h6-11,13-14,27H,5H2,1-4H3. The third-order valence-electron chi connectivity index (χ3n) is 4.91. The highest BCUT2D eigenvalue weighted by molar-refractivity contribution is 7.89. The number of sulfonamides is 1. The average molecular weight is 434 g/mol. The Bertz CT molecular complexity index is 1380. The monoisotopic (exact) mass is 433 g/mol. The maximum Gasteiger partial charge on any atom is 0.242 e. The summed E-state index contributed by atoms with van der Waals surface area (Å²) < 4.78 is 29.8. The molecule has 0 saturated heterocycles. The lowest BCUT2D eigenvalue weighted by atomic mass is 10.1. The van der Waals surface area contributed by atoms with Gasteiger partial charge in [0.1, 0.15) is 16.6 Å². The molecule has 0 bridgehead atoms. The molecular weight excluding hydrogens is 410 g/mol. The largest absolute Gasteiger partial charge is 0.291 e. The Hall–Kier alpha value is -3.28. The van der Waals surface area contributed by atoms with E-state index in [2.05, 4.69) is 20.8 Å². The number of rotatable bonds is 5. The fraction of sp³-hybridized carbons (Fsp3) is 0.261. The summed E-state index contributed by atoms with van der Waals surface area (Å²) in [5.74, 6) is 0. The van der Waals surface area contributed by atoms with Crippen molar-refractivity contribution in [1.29, 1.82) is 5.26 Å². The zero-order chi connectivity index (χ0) is 22.4. The highest BCUT2D eigenvalue weighted by atomic mass is 32.2. The van der Waals surface area contributed by atoms with Crippen LogP contribution in [0, 0.1) is 11.3 Å². The first kappa shape index (κ1) is 21.0. The van der Waals surface area contributed by atoms with Crippen molar-refractivity contribution in [3.05, 3.63) is 59.9 Å². The molecule has 7 nitrogen and oxygen atoms in total. The van der Waals surface area contributed by atoms with Gasteiger partial charge in [-0.05, 0) is 63.1 Å². The molecular formula is C23H23N5O2S. The summed E-state index contributed by atoms with van der Waals surface area (Å²) in [6.07, 6.45) is 9.73. The Morgan fingerprint density at radius 2 is 1.94 bits per heavy atom. The van der Waals surface area contributed by atoms with Crippen LogP contribution in [0.4, 0.5) is 0 Å². The molecule has 0 amide bonds. The molecule has 3 heterocycles. The van der Waals surface area contributed by atoms with Crippen LogP contribution >= 0.6 is 0 Å². The van der Waals surface area contributed by atoms with Gasteiger partial charge < -0.3 is 0 Å². The topological polar surface area (TPSA) is 101 Å². The van der Waals surface area contributed by atoms with Crippen LogP contribution in [0.2, 0.25) is 0 Å². The number of pyridine rings is 2. The van der Waals surface area contributed by atoms with Gasteiger partial charge >= 0.3 is 0 Å². The number of allylic oxidation sites excluding steroid dienone is 4. The smallest absolute Gasteiger partial charge is 0.242 e. The summed E-state index contributed by atoms with van der Waals surface area (Å²) >= 11 is 0. The van der Waals surface area contributed by atoms with E-state index in [9.17, 15) is 13.7 Å². The van der Waals surface area contributed by atoms with Gasteiger partial charge in [-0.2, -0.15) is 5.26 Å². The lowest BCUT2D eigenvalue weighted by Crippen LogP contribution is -2.40. The van der Waals surface area contributed by atoms with Crippen LogP contribution < -0.4 is 4.72 Å². The molecule has 1 aliphatic carbocycles. The van der Waals surface area contributed by atoms with Gasteiger partial charge in [-0.25, -0.2) is 18.1 Å². The summed E-state index contributed by atoms with van der Waals surface area (Å²) in [7, 11) is -3.71. The quantitative estimate of drug-likeness (QED) is 0.655. The average Bonchev–Trinajstić information content (AvgIpc) is 2.98. The molecule has 31 heavy (non-hydrogen) atoms. The number of aromatic nitrogens is 3. The summed E-state index contributed by atoms with van der Waals surface area (Å²) in [6.45, 7) is 7.38. The lowest BCUT2D eigenvalue weighted by molar-refractivity contribution is 0.491. The van der Waals surface area contributed by atoms with Crippen LogP contribution in [0.1, 0.15) is 38.8 Å². The van der Waals surface area contributed by atoms with E-state index < -0.39 is 15.6 Å². The Labute approximate surface area is 181 Å². The summed E-state index contributed by atoms with van der Waals surface area (Å²) in [5.41, 5.74) is 3.57.